The molecule has 24 heavy (non-hydrogen) atoms. The maximum atomic E-state index is 12.7. The van der Waals surface area contributed by atoms with E-state index >= 15 is 0 Å². The zero-order valence-electron chi connectivity index (χ0n) is 13.3. The van der Waals surface area contributed by atoms with Crippen LogP contribution < -0.4 is 0 Å². The minimum atomic E-state index is -0.0385. The molecule has 0 saturated carbocycles. The van der Waals surface area contributed by atoms with Crippen molar-refractivity contribution in [1.82, 2.24) is 15.0 Å². The van der Waals surface area contributed by atoms with Crippen LogP contribution in [0.3, 0.4) is 0 Å². The Labute approximate surface area is 139 Å². The molecule has 3 heterocycles. The Hall–Kier alpha value is -2.89. The van der Waals surface area contributed by atoms with Crippen LogP contribution in [0.4, 0.5) is 0 Å². The molecule has 3 aromatic rings. The molecule has 2 aromatic heterocycles. The number of hydrogen-bond donors (Lipinski definition) is 0. The summed E-state index contributed by atoms with van der Waals surface area (Å²) in [6, 6.07) is 11.8. The first-order valence-electron chi connectivity index (χ1n) is 7.89. The van der Waals surface area contributed by atoms with Crippen LogP contribution in [0.5, 0.6) is 0 Å². The lowest BCUT2D eigenvalue weighted by molar-refractivity contribution is 0.0787. The molecule has 0 aliphatic carbocycles. The Balaban J connectivity index is 1.66. The fraction of sp³-hybridized carbons (Fsp3) is 0.278. The van der Waals surface area contributed by atoms with Crippen LogP contribution in [0.25, 0.3) is 0 Å². The lowest BCUT2D eigenvalue weighted by atomic mass is 9.89. The summed E-state index contributed by atoms with van der Waals surface area (Å²) in [5.74, 6) is 1.27. The van der Waals surface area contributed by atoms with Crippen LogP contribution in [-0.4, -0.2) is 34.0 Å². The summed E-state index contributed by atoms with van der Waals surface area (Å²) in [6.45, 7) is 2.96. The van der Waals surface area contributed by atoms with E-state index in [1.807, 2.05) is 23.1 Å². The van der Waals surface area contributed by atoms with Gasteiger partial charge in [-0.1, -0.05) is 35.5 Å². The molecular weight excluding hydrogens is 306 g/mol. The largest absolute Gasteiger partial charge is 0.472 e. The third-order valence-corrected chi connectivity index (χ3v) is 4.46. The van der Waals surface area contributed by atoms with Gasteiger partial charge >= 0.3 is 0 Å². The van der Waals surface area contributed by atoms with Crippen LogP contribution in [0.1, 0.15) is 39.5 Å². The van der Waals surface area contributed by atoms with Gasteiger partial charge < -0.3 is 13.8 Å². The van der Waals surface area contributed by atoms with E-state index < -0.39 is 0 Å². The molecule has 0 spiro atoms. The Morgan fingerprint density at radius 2 is 1.96 bits per heavy atom. The third-order valence-electron chi connectivity index (χ3n) is 4.46. The standard InChI is InChI=1S/C18H17N3O3/c1-12-19-17(24-20-12)16-10-21(18(22)14-7-8-23-11-14)9-15(16)13-5-3-2-4-6-13/h2-8,11,15-16H,9-10H2,1H3/t15-,16+/m1/s1. The summed E-state index contributed by atoms with van der Waals surface area (Å²) >= 11 is 0. The smallest absolute Gasteiger partial charge is 0.257 e. The summed E-state index contributed by atoms with van der Waals surface area (Å²) in [5.41, 5.74) is 1.73. The van der Waals surface area contributed by atoms with E-state index in [1.54, 1.807) is 13.0 Å². The van der Waals surface area contributed by atoms with Crippen molar-refractivity contribution in [2.45, 2.75) is 18.8 Å². The quantitative estimate of drug-likeness (QED) is 0.741. The van der Waals surface area contributed by atoms with Crippen molar-refractivity contribution in [3.05, 3.63) is 71.8 Å². The molecule has 122 valence electrons. The predicted octanol–water partition coefficient (Wildman–Crippen LogP) is 2.99. The molecule has 2 atom stereocenters. The number of benzene rings is 1. The summed E-state index contributed by atoms with van der Waals surface area (Å²) in [7, 11) is 0. The van der Waals surface area contributed by atoms with E-state index in [4.69, 9.17) is 8.94 Å². The number of nitrogens with zero attached hydrogens (tertiary/aromatic N) is 3. The van der Waals surface area contributed by atoms with Gasteiger partial charge in [-0.2, -0.15) is 4.98 Å². The molecule has 0 unspecified atom stereocenters. The second kappa shape index (κ2) is 5.96. The molecule has 1 fully saturated rings. The van der Waals surface area contributed by atoms with Crippen LogP contribution in [0.2, 0.25) is 0 Å². The minimum absolute atomic E-state index is 0.00977. The van der Waals surface area contributed by atoms with Crippen molar-refractivity contribution in [1.29, 1.82) is 0 Å². The highest BCUT2D eigenvalue weighted by Crippen LogP contribution is 2.39. The fourth-order valence-electron chi connectivity index (χ4n) is 3.29. The van der Waals surface area contributed by atoms with Gasteiger partial charge in [-0.15, -0.1) is 0 Å². The zero-order valence-corrected chi connectivity index (χ0v) is 13.3. The highest BCUT2D eigenvalue weighted by Gasteiger charge is 2.40. The van der Waals surface area contributed by atoms with Gasteiger partial charge in [-0.25, -0.2) is 0 Å². The number of rotatable bonds is 3. The highest BCUT2D eigenvalue weighted by atomic mass is 16.5. The predicted molar refractivity (Wildman–Crippen MR) is 85.6 cm³/mol. The maximum Gasteiger partial charge on any atom is 0.257 e. The average Bonchev–Trinajstić information content (AvgIpc) is 3.35. The molecule has 1 aliphatic heterocycles. The van der Waals surface area contributed by atoms with Crippen LogP contribution in [0.15, 0.2) is 57.9 Å². The van der Waals surface area contributed by atoms with Crippen LogP contribution >= 0.6 is 0 Å². The summed E-state index contributed by atoms with van der Waals surface area (Å²) < 4.78 is 10.4. The number of carbonyl (C=O) groups is 1. The van der Waals surface area contributed by atoms with Crippen molar-refractivity contribution in [3.63, 3.8) is 0 Å². The van der Waals surface area contributed by atoms with Gasteiger partial charge in [-0.3, -0.25) is 4.79 Å². The zero-order chi connectivity index (χ0) is 16.5. The second-order valence-electron chi connectivity index (χ2n) is 6.03. The Kier molecular flexibility index (Phi) is 3.65. The van der Waals surface area contributed by atoms with Crippen molar-refractivity contribution >= 4 is 5.91 Å². The molecule has 6 nitrogen and oxygen atoms in total. The van der Waals surface area contributed by atoms with Gasteiger partial charge in [-0.05, 0) is 18.6 Å². The fourth-order valence-corrected chi connectivity index (χ4v) is 3.29. The third kappa shape index (κ3) is 2.60. The lowest BCUT2D eigenvalue weighted by Gasteiger charge is -2.15. The van der Waals surface area contributed by atoms with E-state index in [9.17, 15) is 4.79 Å². The second-order valence-corrected chi connectivity index (χ2v) is 6.03. The highest BCUT2D eigenvalue weighted by molar-refractivity contribution is 5.94. The maximum absolute atomic E-state index is 12.7. The van der Waals surface area contributed by atoms with Gasteiger partial charge in [0, 0.05) is 19.0 Å². The Morgan fingerprint density at radius 3 is 2.62 bits per heavy atom. The number of carbonyl (C=O) groups excluding carboxylic acids is 1. The minimum Gasteiger partial charge on any atom is -0.472 e. The number of aryl methyl sites for hydroxylation is 1. The molecular formula is C18H17N3O3. The molecule has 1 amide bonds. The molecule has 4 rings (SSSR count). The number of likely N-dealkylation sites (tertiary alicyclic amines) is 1. The Morgan fingerprint density at radius 1 is 1.17 bits per heavy atom. The van der Waals surface area contributed by atoms with Gasteiger partial charge in [0.1, 0.15) is 6.26 Å². The van der Waals surface area contributed by atoms with Crippen LogP contribution in [-0.2, 0) is 0 Å². The molecule has 0 radical (unpaired) electrons. The lowest BCUT2D eigenvalue weighted by Crippen LogP contribution is -2.28. The summed E-state index contributed by atoms with van der Waals surface area (Å²) in [4.78, 5) is 18.9. The first-order chi connectivity index (χ1) is 11.7. The monoisotopic (exact) mass is 323 g/mol. The molecule has 0 bridgehead atoms. The van der Waals surface area contributed by atoms with Crippen LogP contribution in [0, 0.1) is 6.92 Å². The van der Waals surface area contributed by atoms with Crippen molar-refractivity contribution < 1.29 is 13.7 Å². The van der Waals surface area contributed by atoms with E-state index in [-0.39, 0.29) is 17.7 Å². The number of hydrogen-bond acceptors (Lipinski definition) is 5. The summed E-state index contributed by atoms with van der Waals surface area (Å²) in [6.07, 6.45) is 2.99. The average molecular weight is 323 g/mol. The first-order valence-corrected chi connectivity index (χ1v) is 7.89. The van der Waals surface area contributed by atoms with E-state index in [2.05, 4.69) is 22.3 Å². The topological polar surface area (TPSA) is 72.4 Å². The molecule has 1 aliphatic rings. The Bertz CT molecular complexity index is 826. The molecule has 1 saturated heterocycles. The van der Waals surface area contributed by atoms with Crippen molar-refractivity contribution in [3.8, 4) is 0 Å². The number of aromatic nitrogens is 2. The number of amides is 1. The molecule has 1 aromatic carbocycles. The van der Waals surface area contributed by atoms with E-state index in [0.717, 1.165) is 0 Å². The van der Waals surface area contributed by atoms with E-state index in [1.165, 1.54) is 18.1 Å². The van der Waals surface area contributed by atoms with Gasteiger partial charge in [0.25, 0.3) is 5.91 Å². The summed E-state index contributed by atoms with van der Waals surface area (Å²) in [5, 5.41) is 3.90. The van der Waals surface area contributed by atoms with Gasteiger partial charge in [0.15, 0.2) is 5.82 Å². The number of furan rings is 1. The molecule has 0 N–H and O–H groups in total. The first kappa shape index (κ1) is 14.7. The normalized spacial score (nSPS) is 20.5. The van der Waals surface area contributed by atoms with E-state index in [0.29, 0.717) is 30.4 Å². The van der Waals surface area contributed by atoms with Crippen molar-refractivity contribution in [2.75, 3.05) is 13.1 Å². The van der Waals surface area contributed by atoms with Gasteiger partial charge in [0.2, 0.25) is 5.89 Å². The molecule has 6 heteroatoms. The SMILES string of the molecule is Cc1noc([C@H]2CN(C(=O)c3ccoc3)C[C@@H]2c2ccccc2)n1. The van der Waals surface area contributed by atoms with Crippen molar-refractivity contribution in [2.24, 2.45) is 0 Å². The van der Waals surface area contributed by atoms with Gasteiger partial charge in [0.05, 0.1) is 17.7 Å².